The van der Waals surface area contributed by atoms with Crippen LogP contribution in [0, 0.1) is 6.92 Å². The smallest absolute Gasteiger partial charge is 0.230 e. The van der Waals surface area contributed by atoms with Gasteiger partial charge in [-0.2, -0.15) is 0 Å². The molecule has 6 nitrogen and oxygen atoms in total. The van der Waals surface area contributed by atoms with E-state index in [-0.39, 0.29) is 12.0 Å². The molecule has 2 heterocycles. The number of amides is 1. The van der Waals surface area contributed by atoms with Gasteiger partial charge in [-0.05, 0) is 12.5 Å². The van der Waals surface area contributed by atoms with E-state index in [4.69, 9.17) is 4.74 Å². The maximum atomic E-state index is 12.0. The van der Waals surface area contributed by atoms with E-state index in [1.807, 2.05) is 13.0 Å². The van der Waals surface area contributed by atoms with Crippen molar-refractivity contribution in [1.82, 2.24) is 20.4 Å². The van der Waals surface area contributed by atoms with Crippen LogP contribution < -0.4 is 5.32 Å². The second-order valence-corrected chi connectivity index (χ2v) is 8.30. The lowest BCUT2D eigenvalue weighted by molar-refractivity contribution is -0.119. The molecule has 1 aromatic carbocycles. The SMILES string of the molecule is Cc1nnc(SCC(=O)NC[C@H]2CN(Cc3ccccc3)CCO2)s1. The Labute approximate surface area is 156 Å². The second kappa shape index (κ2) is 9.28. The number of hydrogen-bond donors (Lipinski definition) is 1. The molecule has 1 aliphatic rings. The molecule has 1 aromatic heterocycles. The molecule has 25 heavy (non-hydrogen) atoms. The molecule has 134 valence electrons. The minimum absolute atomic E-state index is 0.00151. The first kappa shape index (κ1) is 18.3. The highest BCUT2D eigenvalue weighted by atomic mass is 32.2. The molecule has 0 bridgehead atoms. The highest BCUT2D eigenvalue weighted by Gasteiger charge is 2.21. The second-order valence-electron chi connectivity index (χ2n) is 5.89. The number of ether oxygens (including phenoxy) is 1. The van der Waals surface area contributed by atoms with Gasteiger partial charge in [0.2, 0.25) is 5.91 Å². The fourth-order valence-electron chi connectivity index (χ4n) is 2.63. The van der Waals surface area contributed by atoms with E-state index in [2.05, 4.69) is 44.7 Å². The Morgan fingerprint density at radius 2 is 2.24 bits per heavy atom. The van der Waals surface area contributed by atoms with Crippen LogP contribution in [0.3, 0.4) is 0 Å². The number of morpholine rings is 1. The van der Waals surface area contributed by atoms with E-state index in [0.717, 1.165) is 29.0 Å². The number of aryl methyl sites for hydroxylation is 1. The molecule has 0 spiro atoms. The van der Waals surface area contributed by atoms with Crippen LogP contribution in [-0.4, -0.2) is 59.1 Å². The minimum atomic E-state index is 0.00151. The van der Waals surface area contributed by atoms with Gasteiger partial charge in [0.15, 0.2) is 4.34 Å². The summed E-state index contributed by atoms with van der Waals surface area (Å²) >= 11 is 2.93. The van der Waals surface area contributed by atoms with E-state index >= 15 is 0 Å². The molecule has 0 aliphatic carbocycles. The van der Waals surface area contributed by atoms with Crippen LogP contribution in [0.2, 0.25) is 0 Å². The first-order chi connectivity index (χ1) is 12.2. The molecule has 2 aromatic rings. The summed E-state index contributed by atoms with van der Waals surface area (Å²) in [6.45, 7) is 5.82. The summed E-state index contributed by atoms with van der Waals surface area (Å²) < 4.78 is 6.61. The van der Waals surface area contributed by atoms with Crippen LogP contribution >= 0.6 is 23.1 Å². The monoisotopic (exact) mass is 378 g/mol. The van der Waals surface area contributed by atoms with Gasteiger partial charge < -0.3 is 10.1 Å². The number of benzene rings is 1. The lowest BCUT2D eigenvalue weighted by atomic mass is 10.2. The summed E-state index contributed by atoms with van der Waals surface area (Å²) in [4.78, 5) is 14.4. The number of carbonyl (C=O) groups excluding carboxylic acids is 1. The van der Waals surface area contributed by atoms with Crippen molar-refractivity contribution < 1.29 is 9.53 Å². The zero-order chi connectivity index (χ0) is 17.5. The highest BCUT2D eigenvalue weighted by molar-refractivity contribution is 8.01. The average molecular weight is 379 g/mol. The quantitative estimate of drug-likeness (QED) is 0.743. The lowest BCUT2D eigenvalue weighted by Gasteiger charge is -2.33. The van der Waals surface area contributed by atoms with Gasteiger partial charge in [-0.15, -0.1) is 10.2 Å². The van der Waals surface area contributed by atoms with Gasteiger partial charge in [0.05, 0.1) is 18.5 Å². The third-order valence-corrected chi connectivity index (χ3v) is 5.81. The van der Waals surface area contributed by atoms with Crippen LogP contribution in [0.15, 0.2) is 34.7 Å². The van der Waals surface area contributed by atoms with Gasteiger partial charge >= 0.3 is 0 Å². The molecule has 1 saturated heterocycles. The van der Waals surface area contributed by atoms with Gasteiger partial charge in [0, 0.05) is 26.2 Å². The number of carbonyl (C=O) groups is 1. The van der Waals surface area contributed by atoms with Crippen LogP contribution in [-0.2, 0) is 16.1 Å². The predicted octanol–water partition coefficient (Wildman–Crippen LogP) is 1.96. The fourth-order valence-corrected chi connectivity index (χ4v) is 4.28. The molecule has 1 atom stereocenters. The van der Waals surface area contributed by atoms with Crippen LogP contribution in [0.1, 0.15) is 10.6 Å². The van der Waals surface area contributed by atoms with E-state index in [0.29, 0.717) is 18.9 Å². The van der Waals surface area contributed by atoms with Gasteiger partial charge in [0.25, 0.3) is 0 Å². The number of rotatable bonds is 7. The van der Waals surface area contributed by atoms with E-state index in [1.165, 1.54) is 28.7 Å². The van der Waals surface area contributed by atoms with Crippen molar-refractivity contribution in [2.24, 2.45) is 0 Å². The Bertz CT molecular complexity index is 680. The lowest BCUT2D eigenvalue weighted by Crippen LogP contribution is -2.47. The Morgan fingerprint density at radius 3 is 3.00 bits per heavy atom. The summed E-state index contributed by atoms with van der Waals surface area (Å²) in [5, 5.41) is 11.8. The standard InChI is InChI=1S/C17H22N4O2S2/c1-13-19-20-17(25-13)24-12-16(22)18-9-15-11-21(7-8-23-15)10-14-5-3-2-4-6-14/h2-6,15H,7-12H2,1H3,(H,18,22)/t15-/m0/s1. The molecular weight excluding hydrogens is 356 g/mol. The molecule has 1 fully saturated rings. The third-order valence-electron chi connectivity index (χ3n) is 3.83. The largest absolute Gasteiger partial charge is 0.374 e. The van der Waals surface area contributed by atoms with Crippen molar-refractivity contribution in [2.75, 3.05) is 32.0 Å². The number of thioether (sulfide) groups is 1. The summed E-state index contributed by atoms with van der Waals surface area (Å²) in [5.74, 6) is 0.358. The minimum Gasteiger partial charge on any atom is -0.374 e. The van der Waals surface area contributed by atoms with Crippen LogP contribution in [0.5, 0.6) is 0 Å². The summed E-state index contributed by atoms with van der Waals surface area (Å²) in [7, 11) is 0. The van der Waals surface area contributed by atoms with Gasteiger partial charge in [0.1, 0.15) is 5.01 Å². The predicted molar refractivity (Wildman–Crippen MR) is 99.8 cm³/mol. The van der Waals surface area contributed by atoms with E-state index in [1.54, 1.807) is 0 Å². The van der Waals surface area contributed by atoms with Gasteiger partial charge in [-0.3, -0.25) is 9.69 Å². The van der Waals surface area contributed by atoms with Gasteiger partial charge in [-0.25, -0.2) is 0 Å². The number of nitrogens with zero attached hydrogens (tertiary/aromatic N) is 3. The number of hydrogen-bond acceptors (Lipinski definition) is 7. The van der Waals surface area contributed by atoms with Crippen molar-refractivity contribution >= 4 is 29.0 Å². The Balaban J connectivity index is 1.38. The Hall–Kier alpha value is -1.48. The third kappa shape index (κ3) is 6.07. The van der Waals surface area contributed by atoms with Crippen molar-refractivity contribution in [3.63, 3.8) is 0 Å². The van der Waals surface area contributed by atoms with Crippen molar-refractivity contribution in [3.05, 3.63) is 40.9 Å². The summed E-state index contributed by atoms with van der Waals surface area (Å²) in [6.07, 6.45) is 0.0372. The Kier molecular flexibility index (Phi) is 6.80. The molecule has 1 aliphatic heterocycles. The molecule has 8 heteroatoms. The molecule has 1 N–H and O–H groups in total. The molecule has 0 unspecified atom stereocenters. The van der Waals surface area contributed by atoms with Gasteiger partial charge in [-0.1, -0.05) is 53.4 Å². The van der Waals surface area contributed by atoms with Crippen molar-refractivity contribution in [1.29, 1.82) is 0 Å². The molecule has 3 rings (SSSR count). The zero-order valence-electron chi connectivity index (χ0n) is 14.2. The zero-order valence-corrected chi connectivity index (χ0v) is 15.8. The van der Waals surface area contributed by atoms with E-state index in [9.17, 15) is 4.79 Å². The van der Waals surface area contributed by atoms with Crippen molar-refractivity contribution in [2.45, 2.75) is 23.9 Å². The Morgan fingerprint density at radius 1 is 1.40 bits per heavy atom. The first-order valence-corrected chi connectivity index (χ1v) is 10.1. The summed E-state index contributed by atoms with van der Waals surface area (Å²) in [5.41, 5.74) is 1.30. The highest BCUT2D eigenvalue weighted by Crippen LogP contribution is 2.21. The normalized spacial score (nSPS) is 18.2. The van der Waals surface area contributed by atoms with Crippen LogP contribution in [0.25, 0.3) is 0 Å². The maximum absolute atomic E-state index is 12.0. The van der Waals surface area contributed by atoms with E-state index < -0.39 is 0 Å². The summed E-state index contributed by atoms with van der Waals surface area (Å²) in [6, 6.07) is 10.4. The maximum Gasteiger partial charge on any atom is 0.230 e. The number of nitrogens with one attached hydrogen (secondary N) is 1. The number of aromatic nitrogens is 2. The average Bonchev–Trinajstić information content (AvgIpc) is 3.05. The van der Waals surface area contributed by atoms with Crippen molar-refractivity contribution in [3.8, 4) is 0 Å². The van der Waals surface area contributed by atoms with Crippen LogP contribution in [0.4, 0.5) is 0 Å². The molecule has 1 amide bonds. The fraction of sp³-hybridized carbons (Fsp3) is 0.471. The molecule has 0 radical (unpaired) electrons. The topological polar surface area (TPSA) is 67.4 Å². The first-order valence-electron chi connectivity index (χ1n) is 8.26. The molecular formula is C17H22N4O2S2. The molecule has 0 saturated carbocycles.